The summed E-state index contributed by atoms with van der Waals surface area (Å²) in [5, 5.41) is 0.283. The van der Waals surface area contributed by atoms with Gasteiger partial charge in [0.25, 0.3) is 0 Å². The minimum Gasteiger partial charge on any atom is -0.444 e. The van der Waals surface area contributed by atoms with E-state index in [9.17, 15) is 0 Å². The molecule has 0 aliphatic rings. The number of rotatable bonds is 7. The Balaban J connectivity index is 4.20. The van der Waals surface area contributed by atoms with Crippen molar-refractivity contribution in [3.8, 4) is 0 Å². The average molecular weight is 233 g/mol. The van der Waals surface area contributed by atoms with Crippen molar-refractivity contribution >= 4 is 0 Å². The first-order chi connectivity index (χ1) is 7.14. The highest BCUT2D eigenvalue weighted by Crippen LogP contribution is 2.09. The molecule has 0 fully saturated rings. The van der Waals surface area contributed by atoms with Crippen molar-refractivity contribution in [2.24, 2.45) is 0 Å². The van der Waals surface area contributed by atoms with Crippen molar-refractivity contribution < 1.29 is 15.2 Å². The highest BCUT2D eigenvalue weighted by Gasteiger charge is 2.26. The summed E-state index contributed by atoms with van der Waals surface area (Å²) in [6, 6.07) is 0. The molecule has 98 valence electrons. The minimum atomic E-state index is -0.360. The van der Waals surface area contributed by atoms with Crippen molar-refractivity contribution in [3.05, 3.63) is 11.7 Å². The van der Waals surface area contributed by atoms with Gasteiger partial charge in [-0.2, -0.15) is 4.84 Å². The molecule has 0 aromatic heterocycles. The molecule has 0 saturated carbocycles. The SMILES string of the molecule is CCC(C)(C)O[NH+]([NH-])N[NH+]([NH-])C(C)(C)CC. The van der Waals surface area contributed by atoms with E-state index in [4.69, 9.17) is 16.5 Å². The molecule has 0 radical (unpaired) electrons. The summed E-state index contributed by atoms with van der Waals surface area (Å²) in [4.78, 5) is 5.43. The molecule has 0 spiro atoms. The van der Waals surface area contributed by atoms with Crippen LogP contribution in [0.4, 0.5) is 0 Å². The first-order valence-electron chi connectivity index (χ1n) is 5.78. The van der Waals surface area contributed by atoms with Crippen molar-refractivity contribution in [3.63, 3.8) is 0 Å². The quantitative estimate of drug-likeness (QED) is 0.557. The normalized spacial score (nSPS) is 17.2. The summed E-state index contributed by atoms with van der Waals surface area (Å²) in [5.74, 6) is 15.5. The van der Waals surface area contributed by atoms with Gasteiger partial charge in [0.2, 0.25) is 0 Å². The van der Waals surface area contributed by atoms with E-state index in [0.29, 0.717) is 5.12 Å². The van der Waals surface area contributed by atoms with E-state index < -0.39 is 0 Å². The van der Waals surface area contributed by atoms with Crippen molar-refractivity contribution in [2.75, 3.05) is 0 Å². The second-order valence-electron chi connectivity index (χ2n) is 5.28. The van der Waals surface area contributed by atoms with Crippen LogP contribution in [0.2, 0.25) is 0 Å². The Kier molecular flexibility index (Phi) is 5.81. The highest BCUT2D eigenvalue weighted by atomic mass is 16.8. The van der Waals surface area contributed by atoms with E-state index in [1.807, 2.05) is 41.5 Å². The van der Waals surface area contributed by atoms with Crippen molar-refractivity contribution in [1.82, 2.24) is 5.53 Å². The Bertz CT molecular complexity index is 207. The maximum atomic E-state index is 7.85. The summed E-state index contributed by atoms with van der Waals surface area (Å²) < 4.78 is 0. The molecule has 0 saturated heterocycles. The van der Waals surface area contributed by atoms with Crippen LogP contribution in [0.3, 0.4) is 0 Å². The lowest BCUT2D eigenvalue weighted by atomic mass is 10.0. The molecule has 0 heterocycles. The summed E-state index contributed by atoms with van der Waals surface area (Å²) in [5.41, 5.74) is 2.10. The molecule has 5 N–H and O–H groups in total. The van der Waals surface area contributed by atoms with Gasteiger partial charge in [0.15, 0.2) is 0 Å². The molecule has 0 aromatic rings. The number of hydrogen-bond donors (Lipinski definition) is 3. The largest absolute Gasteiger partial charge is 0.444 e. The molecule has 2 atom stereocenters. The van der Waals surface area contributed by atoms with Gasteiger partial charge >= 0.3 is 0 Å². The van der Waals surface area contributed by atoms with Crippen LogP contribution in [0.5, 0.6) is 0 Å². The van der Waals surface area contributed by atoms with Gasteiger partial charge in [-0.3, -0.25) is 5.12 Å². The first-order valence-corrected chi connectivity index (χ1v) is 5.78. The molecule has 0 rings (SSSR count). The lowest BCUT2D eigenvalue weighted by Gasteiger charge is -2.39. The molecule has 0 aliphatic carbocycles. The van der Waals surface area contributed by atoms with E-state index in [-0.39, 0.29) is 16.4 Å². The zero-order valence-corrected chi connectivity index (χ0v) is 11.3. The zero-order chi connectivity index (χ0) is 13.0. The van der Waals surface area contributed by atoms with Gasteiger partial charge in [0.1, 0.15) is 11.1 Å². The van der Waals surface area contributed by atoms with Gasteiger partial charge < -0.3 is 11.7 Å². The van der Waals surface area contributed by atoms with Crippen LogP contribution in [0, 0.1) is 0 Å². The summed E-state index contributed by atoms with van der Waals surface area (Å²) in [6.45, 7) is 11.8. The summed E-state index contributed by atoms with van der Waals surface area (Å²) in [6.07, 6.45) is 1.67. The van der Waals surface area contributed by atoms with E-state index in [1.54, 1.807) is 0 Å². The molecule has 2 unspecified atom stereocenters. The van der Waals surface area contributed by atoms with E-state index in [2.05, 4.69) is 5.53 Å². The Morgan fingerprint density at radius 1 is 1.06 bits per heavy atom. The Morgan fingerprint density at radius 2 is 1.56 bits per heavy atom. The third-order valence-electron chi connectivity index (χ3n) is 3.03. The smallest absolute Gasteiger partial charge is 0.123 e. The summed E-state index contributed by atoms with van der Waals surface area (Å²) >= 11 is 0. The molecular weight excluding hydrogens is 206 g/mol. The fourth-order valence-electron chi connectivity index (χ4n) is 0.833. The van der Waals surface area contributed by atoms with Gasteiger partial charge in [0, 0.05) is 12.0 Å². The second-order valence-corrected chi connectivity index (χ2v) is 5.28. The van der Waals surface area contributed by atoms with Gasteiger partial charge in [-0.25, -0.2) is 0 Å². The third-order valence-corrected chi connectivity index (χ3v) is 3.03. The van der Waals surface area contributed by atoms with E-state index in [1.165, 1.54) is 0 Å². The van der Waals surface area contributed by atoms with Crippen LogP contribution in [-0.2, 0) is 4.84 Å². The van der Waals surface area contributed by atoms with Crippen LogP contribution >= 0.6 is 0 Å². The fourth-order valence-corrected chi connectivity index (χ4v) is 0.833. The molecule has 6 nitrogen and oxygen atoms in total. The Morgan fingerprint density at radius 3 is 1.94 bits per heavy atom. The lowest BCUT2D eigenvalue weighted by molar-refractivity contribution is -1.23. The molecule has 0 aliphatic heterocycles. The lowest BCUT2D eigenvalue weighted by Crippen LogP contribution is -3.37. The highest BCUT2D eigenvalue weighted by molar-refractivity contribution is 4.62. The maximum absolute atomic E-state index is 7.85. The zero-order valence-electron chi connectivity index (χ0n) is 11.3. The first kappa shape index (κ1) is 15.8. The predicted molar refractivity (Wildman–Crippen MR) is 63.5 cm³/mol. The van der Waals surface area contributed by atoms with Crippen LogP contribution in [0.25, 0.3) is 11.7 Å². The topological polar surface area (TPSA) is 77.7 Å². The molecule has 6 heteroatoms. The summed E-state index contributed by atoms with van der Waals surface area (Å²) in [7, 11) is 0. The van der Waals surface area contributed by atoms with Gasteiger partial charge in [-0.15, -0.1) is 5.28 Å². The molecule has 0 amide bonds. The van der Waals surface area contributed by atoms with Crippen molar-refractivity contribution in [2.45, 2.75) is 65.5 Å². The van der Waals surface area contributed by atoms with Crippen LogP contribution < -0.4 is 15.9 Å². The minimum absolute atomic E-state index is 0.0432. The molecular formula is C10H27N5O. The Labute approximate surface area is 98.7 Å². The molecule has 0 aromatic carbocycles. The average Bonchev–Trinajstić information content (AvgIpc) is 2.16. The monoisotopic (exact) mass is 233 g/mol. The van der Waals surface area contributed by atoms with Crippen LogP contribution in [0.15, 0.2) is 0 Å². The predicted octanol–water partition coefficient (Wildman–Crippen LogP) is 0.419. The standard InChI is InChI=1S/C10H27N5O/c1-7-9(3,4)14(11)13-15(12)16-10(5,6)8-2/h11-15H,7-8H2,1-6H3. The Hall–Kier alpha value is -0.240. The molecule has 0 bridgehead atoms. The fraction of sp³-hybridized carbons (Fsp3) is 1.00. The van der Waals surface area contributed by atoms with Crippen LogP contribution in [-0.4, -0.2) is 11.1 Å². The van der Waals surface area contributed by atoms with E-state index in [0.717, 1.165) is 12.8 Å². The van der Waals surface area contributed by atoms with Gasteiger partial charge in [-0.1, -0.05) is 13.8 Å². The second kappa shape index (κ2) is 5.90. The van der Waals surface area contributed by atoms with Gasteiger partial charge in [0.05, 0.1) is 0 Å². The molecule has 16 heavy (non-hydrogen) atoms. The number of nitrogens with one attached hydrogen (secondary N) is 5. The van der Waals surface area contributed by atoms with E-state index >= 15 is 0 Å². The number of quaternary nitrogens is 2. The van der Waals surface area contributed by atoms with Crippen LogP contribution in [0.1, 0.15) is 54.4 Å². The third kappa shape index (κ3) is 5.20. The maximum Gasteiger partial charge on any atom is 0.123 e. The van der Waals surface area contributed by atoms with Gasteiger partial charge in [-0.05, 0) is 34.1 Å². The number of hydrogen-bond acceptors (Lipinski definition) is 2. The van der Waals surface area contributed by atoms with Crippen molar-refractivity contribution in [1.29, 1.82) is 0 Å².